The monoisotopic (exact) mass is 296 g/mol. The molecule has 0 unspecified atom stereocenters. The molecular weight excluding hydrogens is 268 g/mol. The Morgan fingerprint density at radius 1 is 1.40 bits per heavy atom. The van der Waals surface area contributed by atoms with Gasteiger partial charge < -0.3 is 14.6 Å². The fourth-order valence-electron chi connectivity index (χ4n) is 2.53. The molecule has 1 amide bonds. The van der Waals surface area contributed by atoms with Crippen molar-refractivity contribution in [1.82, 2.24) is 10.2 Å². The molecule has 1 fully saturated rings. The van der Waals surface area contributed by atoms with E-state index >= 15 is 0 Å². The predicted molar refractivity (Wildman–Crippen MR) is 84.2 cm³/mol. The van der Waals surface area contributed by atoms with Crippen molar-refractivity contribution in [2.45, 2.75) is 57.5 Å². The van der Waals surface area contributed by atoms with E-state index in [1.807, 2.05) is 4.90 Å². The molecule has 4 nitrogen and oxygen atoms in total. The lowest BCUT2D eigenvalue weighted by Gasteiger charge is -2.42. The summed E-state index contributed by atoms with van der Waals surface area (Å²) in [5.74, 6) is 0.203. The number of hydrogen-bond acceptors (Lipinski definition) is 3. The lowest BCUT2D eigenvalue weighted by atomic mass is 10.1. The average molecular weight is 296 g/mol. The lowest BCUT2D eigenvalue weighted by Crippen LogP contribution is -2.56. The van der Waals surface area contributed by atoms with Crippen LogP contribution in [0, 0.1) is 0 Å². The average Bonchev–Trinajstić information content (AvgIpc) is 2.75. The molecule has 1 aliphatic carbocycles. The summed E-state index contributed by atoms with van der Waals surface area (Å²) in [6.45, 7) is 13.4. The van der Waals surface area contributed by atoms with Crippen LogP contribution in [-0.4, -0.2) is 50.9 Å². The summed E-state index contributed by atoms with van der Waals surface area (Å²) in [5.41, 5.74) is 0. The Labute approximate surface area is 123 Å². The van der Waals surface area contributed by atoms with E-state index in [4.69, 9.17) is 4.43 Å². The van der Waals surface area contributed by atoms with Crippen LogP contribution in [0.3, 0.4) is 0 Å². The molecule has 20 heavy (non-hydrogen) atoms. The summed E-state index contributed by atoms with van der Waals surface area (Å²) in [4.78, 5) is 14.1. The molecule has 0 radical (unpaired) electrons. The maximum atomic E-state index is 12.1. The van der Waals surface area contributed by atoms with Gasteiger partial charge in [-0.05, 0) is 24.6 Å². The van der Waals surface area contributed by atoms with Gasteiger partial charge in [0, 0.05) is 13.1 Å². The quantitative estimate of drug-likeness (QED) is 0.641. The number of rotatable bonds is 3. The summed E-state index contributed by atoms with van der Waals surface area (Å²) in [6.07, 6.45) is 5.31. The van der Waals surface area contributed by atoms with E-state index < -0.39 is 8.32 Å². The summed E-state index contributed by atoms with van der Waals surface area (Å²) in [6, 6.07) is 0.193. The molecule has 1 heterocycles. The van der Waals surface area contributed by atoms with E-state index in [9.17, 15) is 4.79 Å². The van der Waals surface area contributed by atoms with Gasteiger partial charge in [0.1, 0.15) is 0 Å². The number of hydrogen-bond donors (Lipinski definition) is 1. The standard InChI is InChI=1S/C15H28N2O2Si/c1-15(2,3)20(4,5)19-13-8-6-7-12(13)17-10-9-16-11-14(17)18/h6,8,12-13,16H,7,9-11H2,1-5H3/t12-,13-/m0/s1. The van der Waals surface area contributed by atoms with E-state index in [0.29, 0.717) is 6.54 Å². The van der Waals surface area contributed by atoms with Crippen LogP contribution < -0.4 is 5.32 Å². The molecule has 0 bridgehead atoms. The van der Waals surface area contributed by atoms with Gasteiger partial charge >= 0.3 is 0 Å². The second kappa shape index (κ2) is 5.62. The molecule has 1 aliphatic heterocycles. The van der Waals surface area contributed by atoms with Crippen molar-refractivity contribution < 1.29 is 9.22 Å². The van der Waals surface area contributed by atoms with Crippen molar-refractivity contribution >= 4 is 14.2 Å². The van der Waals surface area contributed by atoms with E-state index in [1.54, 1.807) is 0 Å². The van der Waals surface area contributed by atoms with E-state index in [2.05, 4.69) is 51.3 Å². The zero-order valence-electron chi connectivity index (χ0n) is 13.4. The number of amides is 1. The highest BCUT2D eigenvalue weighted by atomic mass is 28.4. The van der Waals surface area contributed by atoms with Gasteiger partial charge in [-0.3, -0.25) is 4.79 Å². The minimum Gasteiger partial charge on any atom is -0.408 e. The summed E-state index contributed by atoms with van der Waals surface area (Å²) >= 11 is 0. The summed E-state index contributed by atoms with van der Waals surface area (Å²) < 4.78 is 6.52. The fraction of sp³-hybridized carbons (Fsp3) is 0.800. The largest absolute Gasteiger partial charge is 0.408 e. The number of nitrogens with one attached hydrogen (secondary N) is 1. The highest BCUT2D eigenvalue weighted by molar-refractivity contribution is 6.74. The Balaban J connectivity index is 2.07. The zero-order valence-corrected chi connectivity index (χ0v) is 14.4. The Bertz CT molecular complexity index is 401. The van der Waals surface area contributed by atoms with Crippen LogP contribution in [-0.2, 0) is 9.22 Å². The summed E-state index contributed by atoms with van der Waals surface area (Å²) in [7, 11) is -1.80. The molecular formula is C15H28N2O2Si. The number of carbonyl (C=O) groups is 1. The topological polar surface area (TPSA) is 41.6 Å². The highest BCUT2D eigenvalue weighted by Gasteiger charge is 2.42. The molecule has 0 saturated carbocycles. The molecule has 1 saturated heterocycles. The number of carbonyl (C=O) groups excluding carboxylic acids is 1. The first-order chi connectivity index (χ1) is 9.22. The summed E-state index contributed by atoms with van der Waals surface area (Å²) in [5, 5.41) is 3.33. The molecule has 1 N–H and O–H groups in total. The SMILES string of the molecule is CC(C)(C)[Si](C)(C)O[C@H]1C=CC[C@@H]1N1CCNCC1=O. The van der Waals surface area contributed by atoms with Gasteiger partial charge in [0.05, 0.1) is 18.7 Å². The number of piperazine rings is 1. The smallest absolute Gasteiger partial charge is 0.236 e. The second-order valence-electron chi connectivity index (χ2n) is 7.34. The van der Waals surface area contributed by atoms with E-state index in [0.717, 1.165) is 19.5 Å². The van der Waals surface area contributed by atoms with Crippen LogP contribution in [0.15, 0.2) is 12.2 Å². The van der Waals surface area contributed by atoms with E-state index in [1.165, 1.54) is 0 Å². The van der Waals surface area contributed by atoms with Crippen LogP contribution >= 0.6 is 0 Å². The molecule has 2 atom stereocenters. The van der Waals surface area contributed by atoms with Gasteiger partial charge in [-0.15, -0.1) is 0 Å². The van der Waals surface area contributed by atoms with E-state index in [-0.39, 0.29) is 23.1 Å². The molecule has 2 aliphatic rings. The third kappa shape index (κ3) is 3.15. The molecule has 0 aromatic rings. The Morgan fingerprint density at radius 3 is 2.70 bits per heavy atom. The second-order valence-corrected chi connectivity index (χ2v) is 12.1. The minimum atomic E-state index is -1.80. The molecule has 0 aromatic carbocycles. The number of nitrogens with zero attached hydrogens (tertiary/aromatic N) is 1. The molecule has 5 heteroatoms. The fourth-order valence-corrected chi connectivity index (χ4v) is 3.80. The molecule has 0 aromatic heterocycles. The zero-order chi connectivity index (χ0) is 15.0. The molecule has 0 spiro atoms. The van der Waals surface area contributed by atoms with Crippen LogP contribution in [0.4, 0.5) is 0 Å². The normalized spacial score (nSPS) is 28.2. The van der Waals surface area contributed by atoms with Gasteiger partial charge in [-0.2, -0.15) is 0 Å². The van der Waals surface area contributed by atoms with Crippen molar-refractivity contribution in [3.05, 3.63) is 12.2 Å². The van der Waals surface area contributed by atoms with Crippen LogP contribution in [0.2, 0.25) is 18.1 Å². The minimum absolute atomic E-state index is 0.0675. The molecule has 2 rings (SSSR count). The third-order valence-electron chi connectivity index (χ3n) is 4.85. The van der Waals surface area contributed by atoms with Crippen LogP contribution in [0.5, 0.6) is 0 Å². The first-order valence-corrected chi connectivity index (χ1v) is 10.5. The predicted octanol–water partition coefficient (Wildman–Crippen LogP) is 2.14. The first kappa shape index (κ1) is 15.7. The first-order valence-electron chi connectivity index (χ1n) is 7.57. The van der Waals surface area contributed by atoms with Crippen molar-refractivity contribution in [1.29, 1.82) is 0 Å². The Morgan fingerprint density at radius 2 is 2.10 bits per heavy atom. The van der Waals surface area contributed by atoms with Crippen molar-refractivity contribution in [3.8, 4) is 0 Å². The van der Waals surface area contributed by atoms with Gasteiger partial charge in [-0.25, -0.2) is 0 Å². The van der Waals surface area contributed by atoms with Gasteiger partial charge in [0.25, 0.3) is 0 Å². The van der Waals surface area contributed by atoms with Crippen molar-refractivity contribution in [2.75, 3.05) is 19.6 Å². The molecule has 114 valence electrons. The maximum Gasteiger partial charge on any atom is 0.236 e. The van der Waals surface area contributed by atoms with Crippen LogP contribution in [0.1, 0.15) is 27.2 Å². The van der Waals surface area contributed by atoms with Crippen LogP contribution in [0.25, 0.3) is 0 Å². The maximum absolute atomic E-state index is 12.1. The van der Waals surface area contributed by atoms with Gasteiger partial charge in [0.15, 0.2) is 8.32 Å². The Hall–Kier alpha value is -0.653. The van der Waals surface area contributed by atoms with Gasteiger partial charge in [-0.1, -0.05) is 32.9 Å². The van der Waals surface area contributed by atoms with Crippen molar-refractivity contribution in [3.63, 3.8) is 0 Å². The highest BCUT2D eigenvalue weighted by Crippen LogP contribution is 2.39. The third-order valence-corrected chi connectivity index (χ3v) is 9.32. The lowest BCUT2D eigenvalue weighted by molar-refractivity contribution is -0.135. The Kier molecular flexibility index (Phi) is 4.42. The van der Waals surface area contributed by atoms with Crippen molar-refractivity contribution in [2.24, 2.45) is 0 Å². The van der Waals surface area contributed by atoms with Gasteiger partial charge in [0.2, 0.25) is 5.91 Å².